The van der Waals surface area contributed by atoms with Crippen LogP contribution < -0.4 is 4.74 Å². The molecule has 0 radical (unpaired) electrons. The molecule has 1 saturated heterocycles. The first-order valence-corrected chi connectivity index (χ1v) is 7.40. The van der Waals surface area contributed by atoms with Gasteiger partial charge in [0.25, 0.3) is 0 Å². The minimum absolute atomic E-state index is 0.817. The third-order valence-corrected chi connectivity index (χ3v) is 3.81. The highest BCUT2D eigenvalue weighted by Crippen LogP contribution is 2.12. The van der Waals surface area contributed by atoms with Crippen LogP contribution in [0.4, 0.5) is 0 Å². The molecule has 1 aliphatic rings. The number of hydrogen-bond donors (Lipinski definition) is 0. The monoisotopic (exact) mass is 262 g/mol. The van der Waals surface area contributed by atoms with Gasteiger partial charge < -0.3 is 14.5 Å². The Labute approximate surface area is 117 Å². The summed E-state index contributed by atoms with van der Waals surface area (Å²) < 4.78 is 5.78. The van der Waals surface area contributed by atoms with Crippen molar-refractivity contribution in [3.05, 3.63) is 29.8 Å². The van der Waals surface area contributed by atoms with Crippen molar-refractivity contribution in [2.45, 2.75) is 19.8 Å². The van der Waals surface area contributed by atoms with Gasteiger partial charge in [0.05, 0.1) is 6.61 Å². The zero-order chi connectivity index (χ0) is 13.5. The van der Waals surface area contributed by atoms with Gasteiger partial charge in [0.2, 0.25) is 0 Å². The lowest BCUT2D eigenvalue weighted by Gasteiger charge is -2.32. The van der Waals surface area contributed by atoms with E-state index in [1.807, 2.05) is 0 Å². The van der Waals surface area contributed by atoms with Crippen LogP contribution in [-0.4, -0.2) is 56.2 Å². The number of benzene rings is 1. The third-order valence-electron chi connectivity index (χ3n) is 3.81. The predicted octanol–water partition coefficient (Wildman–Crippen LogP) is 2.27. The lowest BCUT2D eigenvalue weighted by Crippen LogP contribution is -2.44. The molecular formula is C16H26N2O. The molecule has 0 saturated carbocycles. The molecule has 0 atom stereocenters. The van der Waals surface area contributed by atoms with Gasteiger partial charge >= 0.3 is 0 Å². The predicted molar refractivity (Wildman–Crippen MR) is 79.9 cm³/mol. The third kappa shape index (κ3) is 4.84. The topological polar surface area (TPSA) is 15.7 Å². The molecule has 1 heterocycles. The van der Waals surface area contributed by atoms with Gasteiger partial charge in [-0.25, -0.2) is 0 Å². The summed E-state index contributed by atoms with van der Waals surface area (Å²) in [4.78, 5) is 4.92. The summed E-state index contributed by atoms with van der Waals surface area (Å²) in [6.07, 6.45) is 2.20. The van der Waals surface area contributed by atoms with E-state index >= 15 is 0 Å². The van der Waals surface area contributed by atoms with Crippen LogP contribution in [-0.2, 0) is 6.42 Å². The quantitative estimate of drug-likeness (QED) is 0.731. The molecule has 2 rings (SSSR count). The average Bonchev–Trinajstić information content (AvgIpc) is 2.46. The molecule has 0 bridgehead atoms. The minimum atomic E-state index is 0.817. The first kappa shape index (κ1) is 14.4. The molecule has 1 aromatic carbocycles. The van der Waals surface area contributed by atoms with Crippen LogP contribution in [0.5, 0.6) is 5.75 Å². The minimum Gasteiger partial charge on any atom is -0.494 e. The van der Waals surface area contributed by atoms with Crippen molar-refractivity contribution in [3.8, 4) is 5.75 Å². The Morgan fingerprint density at radius 1 is 1.05 bits per heavy atom. The molecular weight excluding hydrogens is 236 g/mol. The second-order valence-corrected chi connectivity index (χ2v) is 5.34. The molecule has 3 nitrogen and oxygen atoms in total. The van der Waals surface area contributed by atoms with Gasteiger partial charge in [-0.1, -0.05) is 19.1 Å². The maximum atomic E-state index is 5.78. The number of nitrogens with zero attached hydrogens (tertiary/aromatic N) is 2. The van der Waals surface area contributed by atoms with Crippen molar-refractivity contribution in [3.63, 3.8) is 0 Å². The number of ether oxygens (including phenoxy) is 1. The Kier molecular flexibility index (Phi) is 5.67. The Morgan fingerprint density at radius 2 is 1.74 bits per heavy atom. The normalized spacial score (nSPS) is 17.6. The molecule has 1 fully saturated rings. The maximum Gasteiger partial charge on any atom is 0.119 e. The summed E-state index contributed by atoms with van der Waals surface area (Å²) in [5, 5.41) is 0. The summed E-state index contributed by atoms with van der Waals surface area (Å²) in [5.74, 6) is 0.996. The van der Waals surface area contributed by atoms with Gasteiger partial charge in [-0.05, 0) is 37.6 Å². The Bertz CT molecular complexity index is 356. The van der Waals surface area contributed by atoms with E-state index < -0.39 is 0 Å². The summed E-state index contributed by atoms with van der Waals surface area (Å²) >= 11 is 0. The Balaban J connectivity index is 1.61. The summed E-state index contributed by atoms with van der Waals surface area (Å²) in [5.41, 5.74) is 1.37. The van der Waals surface area contributed by atoms with E-state index in [-0.39, 0.29) is 0 Å². The van der Waals surface area contributed by atoms with Crippen LogP contribution in [0.1, 0.15) is 18.9 Å². The van der Waals surface area contributed by atoms with Gasteiger partial charge in [-0.2, -0.15) is 0 Å². The number of hydrogen-bond acceptors (Lipinski definition) is 3. The molecule has 0 unspecified atom stereocenters. The van der Waals surface area contributed by atoms with Crippen molar-refractivity contribution in [1.82, 2.24) is 9.80 Å². The standard InChI is InChI=1S/C16H26N2O/c1-3-15-5-7-16(8-6-15)19-14-4-9-18-12-10-17(2)11-13-18/h5-8H,3-4,9-14H2,1-2H3. The van der Waals surface area contributed by atoms with Gasteiger partial charge in [-0.15, -0.1) is 0 Å². The Hall–Kier alpha value is -1.06. The first-order chi connectivity index (χ1) is 9.28. The van der Waals surface area contributed by atoms with Crippen molar-refractivity contribution < 1.29 is 4.74 Å². The number of likely N-dealkylation sites (N-methyl/N-ethyl adjacent to an activating group) is 1. The van der Waals surface area contributed by atoms with E-state index in [2.05, 4.69) is 48.0 Å². The first-order valence-electron chi connectivity index (χ1n) is 7.40. The summed E-state index contributed by atoms with van der Waals surface area (Å²) in [6.45, 7) is 8.92. The SMILES string of the molecule is CCc1ccc(OCCCN2CCN(C)CC2)cc1. The van der Waals surface area contributed by atoms with E-state index in [1.54, 1.807) is 0 Å². The van der Waals surface area contributed by atoms with E-state index in [1.165, 1.54) is 31.7 Å². The van der Waals surface area contributed by atoms with E-state index in [0.29, 0.717) is 0 Å². The fraction of sp³-hybridized carbons (Fsp3) is 0.625. The second kappa shape index (κ2) is 7.51. The zero-order valence-electron chi connectivity index (χ0n) is 12.3. The van der Waals surface area contributed by atoms with E-state index in [0.717, 1.165) is 31.7 Å². The highest BCUT2D eigenvalue weighted by molar-refractivity contribution is 5.27. The fourth-order valence-electron chi connectivity index (χ4n) is 2.37. The number of aryl methyl sites for hydroxylation is 1. The van der Waals surface area contributed by atoms with Crippen molar-refractivity contribution in [2.75, 3.05) is 46.4 Å². The highest BCUT2D eigenvalue weighted by Gasteiger charge is 2.12. The van der Waals surface area contributed by atoms with Crippen molar-refractivity contribution in [2.24, 2.45) is 0 Å². The molecule has 0 aromatic heterocycles. The van der Waals surface area contributed by atoms with Crippen LogP contribution in [0.3, 0.4) is 0 Å². The van der Waals surface area contributed by atoms with Gasteiger partial charge in [0.15, 0.2) is 0 Å². The molecule has 19 heavy (non-hydrogen) atoms. The van der Waals surface area contributed by atoms with Gasteiger partial charge in [0.1, 0.15) is 5.75 Å². The zero-order valence-corrected chi connectivity index (χ0v) is 12.3. The Morgan fingerprint density at radius 3 is 2.37 bits per heavy atom. The molecule has 0 spiro atoms. The number of piperazine rings is 1. The molecule has 0 aliphatic carbocycles. The van der Waals surface area contributed by atoms with Crippen molar-refractivity contribution in [1.29, 1.82) is 0 Å². The maximum absolute atomic E-state index is 5.78. The van der Waals surface area contributed by atoms with Crippen LogP contribution >= 0.6 is 0 Å². The largest absolute Gasteiger partial charge is 0.494 e. The molecule has 3 heteroatoms. The summed E-state index contributed by atoms with van der Waals surface area (Å²) in [7, 11) is 2.19. The molecule has 106 valence electrons. The fourth-order valence-corrected chi connectivity index (χ4v) is 2.37. The van der Waals surface area contributed by atoms with E-state index in [4.69, 9.17) is 4.74 Å². The van der Waals surface area contributed by atoms with Crippen molar-refractivity contribution >= 4 is 0 Å². The van der Waals surface area contributed by atoms with Crippen LogP contribution in [0.2, 0.25) is 0 Å². The van der Waals surface area contributed by atoms with Gasteiger partial charge in [-0.3, -0.25) is 0 Å². The van der Waals surface area contributed by atoms with Gasteiger partial charge in [0, 0.05) is 32.7 Å². The smallest absolute Gasteiger partial charge is 0.119 e. The van der Waals surface area contributed by atoms with Crippen LogP contribution in [0, 0.1) is 0 Å². The highest BCUT2D eigenvalue weighted by atomic mass is 16.5. The number of rotatable bonds is 6. The molecule has 1 aliphatic heterocycles. The molecule has 0 N–H and O–H groups in total. The molecule has 1 aromatic rings. The summed E-state index contributed by atoms with van der Waals surface area (Å²) in [6, 6.07) is 8.45. The second-order valence-electron chi connectivity index (χ2n) is 5.34. The average molecular weight is 262 g/mol. The molecule has 0 amide bonds. The van der Waals surface area contributed by atoms with Crippen LogP contribution in [0.15, 0.2) is 24.3 Å². The van der Waals surface area contributed by atoms with E-state index in [9.17, 15) is 0 Å². The lowest BCUT2D eigenvalue weighted by atomic mass is 10.2. The lowest BCUT2D eigenvalue weighted by molar-refractivity contribution is 0.145. The van der Waals surface area contributed by atoms with Crippen LogP contribution in [0.25, 0.3) is 0 Å².